The minimum absolute atomic E-state index is 0.124. The summed E-state index contributed by atoms with van der Waals surface area (Å²) in [6, 6.07) is 6.98. The van der Waals surface area contributed by atoms with Gasteiger partial charge >= 0.3 is 0 Å². The Kier molecular flexibility index (Phi) is 5.25. The third-order valence-corrected chi connectivity index (χ3v) is 4.52. The molecule has 0 bridgehead atoms. The zero-order valence-corrected chi connectivity index (χ0v) is 16.2. The molecule has 0 spiro atoms. The topological polar surface area (TPSA) is 130 Å². The van der Waals surface area contributed by atoms with Crippen LogP contribution in [-0.4, -0.2) is 57.5 Å². The highest BCUT2D eigenvalue weighted by molar-refractivity contribution is 7.92. The van der Waals surface area contributed by atoms with Gasteiger partial charge < -0.3 is 15.4 Å². The molecule has 1 fully saturated rings. The Bertz CT molecular complexity index is 1020. The van der Waals surface area contributed by atoms with Gasteiger partial charge in [-0.25, -0.2) is 19.2 Å². The molecule has 1 saturated heterocycles. The van der Waals surface area contributed by atoms with Gasteiger partial charge in [-0.1, -0.05) is 0 Å². The molecule has 3 rings (SSSR count). The molecule has 2 aromatic rings. The zero-order chi connectivity index (χ0) is 19.6. The Labute approximate surface area is 158 Å². The van der Waals surface area contributed by atoms with Crippen LogP contribution in [0.2, 0.25) is 0 Å². The smallest absolute Gasteiger partial charge is 0.167 e. The molecule has 1 unspecified atom stereocenters. The number of ether oxygens (including phenoxy) is 1. The summed E-state index contributed by atoms with van der Waals surface area (Å²) in [7, 11) is -2.41. The molecule has 142 valence electrons. The van der Waals surface area contributed by atoms with Crippen LogP contribution in [0.4, 0.5) is 17.5 Å². The first kappa shape index (κ1) is 19.0. The Morgan fingerprint density at radius 1 is 1.33 bits per heavy atom. The Morgan fingerprint density at radius 3 is 2.78 bits per heavy atom. The summed E-state index contributed by atoms with van der Waals surface area (Å²) in [5.41, 5.74) is 6.53. The van der Waals surface area contributed by atoms with Crippen molar-refractivity contribution in [1.82, 2.24) is 15.0 Å². The van der Waals surface area contributed by atoms with E-state index in [2.05, 4.69) is 24.2 Å². The third kappa shape index (κ3) is 4.69. The number of anilines is 2. The molecular formula is C17H21N7O2S. The number of aromatic nitrogens is 3. The second-order valence-electron chi connectivity index (χ2n) is 6.58. The Balaban J connectivity index is 2.17. The SMILES string of the molecule is CC1COCCN1c1cc(N=S(C)(C)=O)nc(-c2cc(N)nc(C#N)c2)n1. The van der Waals surface area contributed by atoms with Crippen molar-refractivity contribution in [3.8, 4) is 17.5 Å². The average Bonchev–Trinajstić information content (AvgIpc) is 2.59. The summed E-state index contributed by atoms with van der Waals surface area (Å²) < 4.78 is 21.9. The van der Waals surface area contributed by atoms with Crippen molar-refractivity contribution in [2.24, 2.45) is 4.36 Å². The number of nitriles is 1. The maximum Gasteiger partial charge on any atom is 0.167 e. The van der Waals surface area contributed by atoms with E-state index in [4.69, 9.17) is 15.7 Å². The fourth-order valence-electron chi connectivity index (χ4n) is 2.78. The standard InChI is InChI=1S/C17H21N7O2S/c1-11-10-26-5-4-24(11)16-8-15(23-27(2,3)25)21-17(22-16)12-6-13(9-18)20-14(19)7-12/h6-8,11H,4-5,10H2,1-3H3,(H2,19,20). The monoisotopic (exact) mass is 387 g/mol. The molecule has 0 amide bonds. The van der Waals surface area contributed by atoms with Crippen LogP contribution in [0, 0.1) is 11.3 Å². The predicted octanol–water partition coefficient (Wildman–Crippen LogP) is 1.58. The molecule has 3 heterocycles. The van der Waals surface area contributed by atoms with E-state index in [0.29, 0.717) is 42.8 Å². The number of hydrogen-bond donors (Lipinski definition) is 1. The summed E-state index contributed by atoms with van der Waals surface area (Å²) in [6.45, 7) is 3.89. The van der Waals surface area contributed by atoms with Crippen molar-refractivity contribution in [3.63, 3.8) is 0 Å². The summed E-state index contributed by atoms with van der Waals surface area (Å²) in [5.74, 6) is 1.52. The molecule has 9 nitrogen and oxygen atoms in total. The molecule has 10 heteroatoms. The first-order valence-electron chi connectivity index (χ1n) is 8.34. The molecule has 0 saturated carbocycles. The van der Waals surface area contributed by atoms with E-state index in [1.165, 1.54) is 0 Å². The summed E-state index contributed by atoms with van der Waals surface area (Å²) >= 11 is 0. The van der Waals surface area contributed by atoms with Gasteiger partial charge in [0.25, 0.3) is 0 Å². The van der Waals surface area contributed by atoms with Gasteiger partial charge in [0.15, 0.2) is 11.6 Å². The highest BCUT2D eigenvalue weighted by atomic mass is 32.2. The van der Waals surface area contributed by atoms with Crippen molar-refractivity contribution in [1.29, 1.82) is 5.26 Å². The van der Waals surface area contributed by atoms with E-state index < -0.39 is 9.73 Å². The van der Waals surface area contributed by atoms with Crippen LogP contribution in [0.5, 0.6) is 0 Å². The molecule has 1 aliphatic heterocycles. The molecule has 2 aromatic heterocycles. The Morgan fingerprint density at radius 2 is 2.11 bits per heavy atom. The summed E-state index contributed by atoms with van der Waals surface area (Å²) in [5, 5.41) is 9.15. The van der Waals surface area contributed by atoms with Gasteiger partial charge in [-0.2, -0.15) is 9.62 Å². The highest BCUT2D eigenvalue weighted by Gasteiger charge is 2.22. The van der Waals surface area contributed by atoms with Crippen LogP contribution in [0.15, 0.2) is 22.6 Å². The molecule has 27 heavy (non-hydrogen) atoms. The van der Waals surface area contributed by atoms with Crippen molar-refractivity contribution in [2.45, 2.75) is 13.0 Å². The van der Waals surface area contributed by atoms with Crippen LogP contribution in [-0.2, 0) is 14.5 Å². The number of rotatable bonds is 3. The first-order valence-corrected chi connectivity index (χ1v) is 10.7. The number of morpholine rings is 1. The largest absolute Gasteiger partial charge is 0.384 e. The van der Waals surface area contributed by atoms with Gasteiger partial charge in [-0.15, -0.1) is 0 Å². The highest BCUT2D eigenvalue weighted by Crippen LogP contribution is 2.27. The lowest BCUT2D eigenvalue weighted by Crippen LogP contribution is -2.44. The number of nitrogen functional groups attached to an aromatic ring is 1. The van der Waals surface area contributed by atoms with Crippen LogP contribution in [0.25, 0.3) is 11.4 Å². The van der Waals surface area contributed by atoms with Crippen molar-refractivity contribution in [2.75, 3.05) is 42.9 Å². The van der Waals surface area contributed by atoms with Gasteiger partial charge in [-0.05, 0) is 19.1 Å². The first-order chi connectivity index (χ1) is 12.7. The van der Waals surface area contributed by atoms with E-state index in [1.54, 1.807) is 30.7 Å². The van der Waals surface area contributed by atoms with Gasteiger partial charge in [0.2, 0.25) is 0 Å². The van der Waals surface area contributed by atoms with Gasteiger partial charge in [0, 0.05) is 40.4 Å². The van der Waals surface area contributed by atoms with Crippen LogP contribution >= 0.6 is 0 Å². The van der Waals surface area contributed by atoms with Crippen molar-refractivity contribution < 1.29 is 8.95 Å². The van der Waals surface area contributed by atoms with E-state index in [-0.39, 0.29) is 17.6 Å². The molecule has 2 N–H and O–H groups in total. The molecule has 1 atom stereocenters. The Hall–Kier alpha value is -2.77. The van der Waals surface area contributed by atoms with Crippen LogP contribution < -0.4 is 10.6 Å². The van der Waals surface area contributed by atoms with E-state index in [0.717, 1.165) is 0 Å². The fourth-order valence-corrected chi connectivity index (χ4v) is 3.32. The lowest BCUT2D eigenvalue weighted by atomic mass is 10.2. The number of hydrogen-bond acceptors (Lipinski definition) is 9. The van der Waals surface area contributed by atoms with Crippen molar-refractivity contribution >= 4 is 27.2 Å². The second kappa shape index (κ2) is 7.46. The molecule has 1 aliphatic rings. The van der Waals surface area contributed by atoms with Crippen LogP contribution in [0.3, 0.4) is 0 Å². The molecular weight excluding hydrogens is 366 g/mol. The second-order valence-corrected chi connectivity index (χ2v) is 9.12. The zero-order valence-electron chi connectivity index (χ0n) is 15.4. The van der Waals surface area contributed by atoms with Crippen molar-refractivity contribution in [3.05, 3.63) is 23.9 Å². The minimum Gasteiger partial charge on any atom is -0.384 e. The number of pyridine rings is 1. The third-order valence-electron chi connectivity index (χ3n) is 3.89. The molecule has 0 aliphatic carbocycles. The predicted molar refractivity (Wildman–Crippen MR) is 104 cm³/mol. The van der Waals surface area contributed by atoms with Gasteiger partial charge in [0.1, 0.15) is 23.4 Å². The van der Waals surface area contributed by atoms with E-state index in [9.17, 15) is 4.21 Å². The lowest BCUT2D eigenvalue weighted by Gasteiger charge is -2.34. The molecule has 0 aromatic carbocycles. The van der Waals surface area contributed by atoms with E-state index >= 15 is 0 Å². The quantitative estimate of drug-likeness (QED) is 0.840. The maximum absolute atomic E-state index is 12.2. The molecule has 0 radical (unpaired) electrons. The number of nitrogens with zero attached hydrogens (tertiary/aromatic N) is 6. The van der Waals surface area contributed by atoms with Gasteiger partial charge in [0.05, 0.1) is 19.3 Å². The van der Waals surface area contributed by atoms with Crippen LogP contribution in [0.1, 0.15) is 12.6 Å². The average molecular weight is 387 g/mol. The minimum atomic E-state index is -2.41. The summed E-state index contributed by atoms with van der Waals surface area (Å²) in [6.07, 6.45) is 3.09. The fraction of sp³-hybridized carbons (Fsp3) is 0.412. The summed E-state index contributed by atoms with van der Waals surface area (Å²) in [4.78, 5) is 15.1. The number of nitrogens with two attached hydrogens (primary N) is 1. The van der Waals surface area contributed by atoms with Gasteiger partial charge in [-0.3, -0.25) is 0 Å². The normalized spacial score (nSPS) is 17.4. The maximum atomic E-state index is 12.2. The van der Waals surface area contributed by atoms with E-state index in [1.807, 2.05) is 13.0 Å². The lowest BCUT2D eigenvalue weighted by molar-refractivity contribution is 0.0985.